The number of nitrogens with one attached hydrogen (secondary N) is 2. The highest BCUT2D eigenvalue weighted by molar-refractivity contribution is 7.80. The highest BCUT2D eigenvalue weighted by Gasteiger charge is 2.14. The van der Waals surface area contributed by atoms with Gasteiger partial charge in [0.15, 0.2) is 5.11 Å². The smallest absolute Gasteiger partial charge is 0.253 e. The molecule has 0 saturated carbocycles. The number of H-pyrrole nitrogens is 1. The van der Waals surface area contributed by atoms with E-state index in [0.717, 1.165) is 48.1 Å². The summed E-state index contributed by atoms with van der Waals surface area (Å²) >= 11 is 5.60. The zero-order valence-corrected chi connectivity index (χ0v) is 18.4. The molecule has 0 fully saturated rings. The molecule has 154 valence electrons. The maximum Gasteiger partial charge on any atom is 0.253 e. The van der Waals surface area contributed by atoms with Crippen LogP contribution < -0.4 is 10.9 Å². The average Bonchev–Trinajstić information content (AvgIpc) is 2.63. The number of aryl methyl sites for hydroxylation is 2. The first-order chi connectivity index (χ1) is 13.3. The first-order valence-corrected chi connectivity index (χ1v) is 10.0. The number of hydrogen-bond acceptors (Lipinski definition) is 4. The monoisotopic (exact) mass is 404 g/mol. The van der Waals surface area contributed by atoms with E-state index in [1.165, 1.54) is 5.56 Å². The maximum absolute atomic E-state index is 12.7. The van der Waals surface area contributed by atoms with Crippen LogP contribution in [-0.4, -0.2) is 67.3 Å². The predicted octanol–water partition coefficient (Wildman–Crippen LogP) is 2.42. The third-order valence-electron chi connectivity index (χ3n) is 4.64. The SMILES string of the molecule is COCCCNC(=S)N(CCN(C)C)Cc1cc2cc(C)cc(C)c2[nH]c1=O. The number of methoxy groups -OCH3 is 1. The number of aromatic amines is 1. The van der Waals surface area contributed by atoms with Crippen molar-refractivity contribution in [3.8, 4) is 0 Å². The Balaban J connectivity index is 2.23. The van der Waals surface area contributed by atoms with Gasteiger partial charge >= 0.3 is 0 Å². The minimum atomic E-state index is -0.0588. The van der Waals surface area contributed by atoms with Crippen molar-refractivity contribution in [1.82, 2.24) is 20.1 Å². The Hall–Kier alpha value is -1.96. The molecule has 0 radical (unpaired) electrons. The summed E-state index contributed by atoms with van der Waals surface area (Å²) in [6.45, 7) is 7.60. The van der Waals surface area contributed by atoms with Gasteiger partial charge in [0.2, 0.25) is 0 Å². The van der Waals surface area contributed by atoms with Crippen molar-refractivity contribution in [3.05, 3.63) is 45.2 Å². The zero-order chi connectivity index (χ0) is 20.7. The maximum atomic E-state index is 12.7. The molecule has 6 nitrogen and oxygen atoms in total. The van der Waals surface area contributed by atoms with Crippen molar-refractivity contribution < 1.29 is 4.74 Å². The molecule has 2 aromatic rings. The molecule has 28 heavy (non-hydrogen) atoms. The summed E-state index contributed by atoms with van der Waals surface area (Å²) in [5, 5.41) is 5.00. The molecular formula is C21H32N4O2S. The summed E-state index contributed by atoms with van der Waals surface area (Å²) in [6.07, 6.45) is 0.882. The lowest BCUT2D eigenvalue weighted by Gasteiger charge is -2.27. The van der Waals surface area contributed by atoms with Crippen LogP contribution in [0, 0.1) is 13.8 Å². The molecule has 2 rings (SSSR count). The molecule has 2 N–H and O–H groups in total. The zero-order valence-electron chi connectivity index (χ0n) is 17.6. The molecule has 0 saturated heterocycles. The number of nitrogens with zero attached hydrogens (tertiary/aromatic N) is 2. The molecule has 0 atom stereocenters. The summed E-state index contributed by atoms with van der Waals surface area (Å²) in [5.74, 6) is 0. The van der Waals surface area contributed by atoms with E-state index in [2.05, 4.69) is 39.2 Å². The van der Waals surface area contributed by atoms with Crippen LogP contribution in [0.25, 0.3) is 10.9 Å². The first kappa shape index (κ1) is 22.3. The van der Waals surface area contributed by atoms with Crippen molar-refractivity contribution >= 4 is 28.2 Å². The number of thiocarbonyl (C=S) groups is 1. The first-order valence-electron chi connectivity index (χ1n) is 9.61. The van der Waals surface area contributed by atoms with Crippen molar-refractivity contribution in [2.24, 2.45) is 0 Å². The van der Waals surface area contributed by atoms with Gasteiger partial charge in [0.25, 0.3) is 5.56 Å². The van der Waals surface area contributed by atoms with Gasteiger partial charge in [0.05, 0.1) is 12.1 Å². The molecule has 1 aromatic carbocycles. The van der Waals surface area contributed by atoms with E-state index in [9.17, 15) is 4.79 Å². The second kappa shape index (κ2) is 10.5. The molecule has 0 aliphatic heterocycles. The van der Waals surface area contributed by atoms with E-state index in [1.54, 1.807) is 7.11 Å². The van der Waals surface area contributed by atoms with Gasteiger partial charge in [-0.2, -0.15) is 0 Å². The number of benzene rings is 1. The molecule has 1 heterocycles. The van der Waals surface area contributed by atoms with E-state index in [1.807, 2.05) is 27.1 Å². The number of likely N-dealkylation sites (N-methyl/N-ethyl adjacent to an activating group) is 1. The van der Waals surface area contributed by atoms with Crippen molar-refractivity contribution in [1.29, 1.82) is 0 Å². The Bertz CT molecular complexity index is 863. The number of pyridine rings is 1. The lowest BCUT2D eigenvalue weighted by Crippen LogP contribution is -2.43. The van der Waals surface area contributed by atoms with E-state index in [-0.39, 0.29) is 5.56 Å². The fraction of sp³-hybridized carbons (Fsp3) is 0.524. The van der Waals surface area contributed by atoms with Crippen LogP contribution in [0.3, 0.4) is 0 Å². The van der Waals surface area contributed by atoms with Gasteiger partial charge < -0.3 is 24.8 Å². The minimum absolute atomic E-state index is 0.0588. The highest BCUT2D eigenvalue weighted by atomic mass is 32.1. The van der Waals surface area contributed by atoms with Gasteiger partial charge in [-0.25, -0.2) is 0 Å². The van der Waals surface area contributed by atoms with Crippen molar-refractivity contribution in [3.63, 3.8) is 0 Å². The van der Waals surface area contributed by atoms with Gasteiger partial charge in [0, 0.05) is 38.9 Å². The normalized spacial score (nSPS) is 11.2. The van der Waals surface area contributed by atoms with Crippen LogP contribution in [0.4, 0.5) is 0 Å². The fourth-order valence-corrected chi connectivity index (χ4v) is 3.41. The summed E-state index contributed by atoms with van der Waals surface area (Å²) in [6, 6.07) is 6.18. The van der Waals surface area contributed by atoms with Crippen LogP contribution in [0.2, 0.25) is 0 Å². The standard InChI is InChI=1S/C21H32N4O2S/c1-15-11-16(2)19-17(12-15)13-18(20(26)23-19)14-25(9-8-24(3)4)21(28)22-7-6-10-27-5/h11-13H,6-10,14H2,1-5H3,(H,22,28)(H,23,26). The minimum Gasteiger partial charge on any atom is -0.385 e. The molecule has 0 bridgehead atoms. The largest absolute Gasteiger partial charge is 0.385 e. The molecule has 0 unspecified atom stereocenters. The summed E-state index contributed by atoms with van der Waals surface area (Å²) < 4.78 is 5.09. The molecule has 0 aliphatic rings. The van der Waals surface area contributed by atoms with Gasteiger partial charge in [-0.3, -0.25) is 4.79 Å². The van der Waals surface area contributed by atoms with Crippen molar-refractivity contribution in [2.75, 3.05) is 47.4 Å². The van der Waals surface area contributed by atoms with Gasteiger partial charge in [0.1, 0.15) is 0 Å². The van der Waals surface area contributed by atoms with Crippen LogP contribution in [0.1, 0.15) is 23.1 Å². The number of hydrogen-bond donors (Lipinski definition) is 2. The van der Waals surface area contributed by atoms with Crippen LogP contribution in [-0.2, 0) is 11.3 Å². The summed E-state index contributed by atoms with van der Waals surface area (Å²) in [4.78, 5) is 19.9. The summed E-state index contributed by atoms with van der Waals surface area (Å²) in [7, 11) is 5.75. The fourth-order valence-electron chi connectivity index (χ4n) is 3.15. The second-order valence-corrected chi connectivity index (χ2v) is 7.86. The number of rotatable bonds is 9. The third-order valence-corrected chi connectivity index (χ3v) is 5.04. The van der Waals surface area contributed by atoms with Crippen LogP contribution in [0.5, 0.6) is 0 Å². The molecular weight excluding hydrogens is 372 g/mol. The van der Waals surface area contributed by atoms with E-state index in [4.69, 9.17) is 17.0 Å². The molecule has 0 amide bonds. The van der Waals surface area contributed by atoms with Crippen molar-refractivity contribution in [2.45, 2.75) is 26.8 Å². The third kappa shape index (κ3) is 6.29. The topological polar surface area (TPSA) is 60.6 Å². The Labute approximate surface area is 172 Å². The van der Waals surface area contributed by atoms with E-state index < -0.39 is 0 Å². The lowest BCUT2D eigenvalue weighted by molar-refractivity contribution is 0.195. The lowest BCUT2D eigenvalue weighted by atomic mass is 10.1. The Kier molecular flexibility index (Phi) is 8.41. The Morgan fingerprint density at radius 1 is 1.21 bits per heavy atom. The predicted molar refractivity (Wildman–Crippen MR) is 120 cm³/mol. The molecule has 0 spiro atoms. The van der Waals surface area contributed by atoms with E-state index >= 15 is 0 Å². The van der Waals surface area contributed by atoms with Gasteiger partial charge in [-0.15, -0.1) is 0 Å². The average molecular weight is 405 g/mol. The summed E-state index contributed by atoms with van der Waals surface area (Å²) in [5.41, 5.74) is 3.83. The van der Waals surface area contributed by atoms with Gasteiger partial charge in [-0.05, 0) is 69.7 Å². The Morgan fingerprint density at radius 3 is 2.64 bits per heavy atom. The van der Waals surface area contributed by atoms with Crippen LogP contribution in [0.15, 0.2) is 23.0 Å². The van der Waals surface area contributed by atoms with E-state index in [0.29, 0.717) is 18.3 Å². The quantitative estimate of drug-likeness (QED) is 0.494. The molecule has 0 aliphatic carbocycles. The molecule has 1 aromatic heterocycles. The van der Waals surface area contributed by atoms with Gasteiger partial charge in [-0.1, -0.05) is 11.6 Å². The highest BCUT2D eigenvalue weighted by Crippen LogP contribution is 2.18. The number of ether oxygens (including phenoxy) is 1. The Morgan fingerprint density at radius 2 is 1.96 bits per heavy atom. The molecule has 7 heteroatoms. The number of fused-ring (bicyclic) bond motifs is 1. The second-order valence-electron chi connectivity index (χ2n) is 7.47. The number of aromatic nitrogens is 1. The van der Waals surface area contributed by atoms with Crippen LogP contribution >= 0.6 is 12.2 Å².